The van der Waals surface area contributed by atoms with Crippen molar-refractivity contribution >= 4 is 16.7 Å². The third kappa shape index (κ3) is 1.90. The summed E-state index contributed by atoms with van der Waals surface area (Å²) in [5.74, 6) is -1.85. The van der Waals surface area contributed by atoms with Crippen molar-refractivity contribution in [3.63, 3.8) is 0 Å². The van der Waals surface area contributed by atoms with E-state index in [1.54, 1.807) is 6.07 Å². The zero-order valence-corrected chi connectivity index (χ0v) is 8.63. The Morgan fingerprint density at radius 2 is 1.81 bits per heavy atom. The first-order valence-corrected chi connectivity index (χ1v) is 5.04. The first kappa shape index (κ1) is 10.6. The lowest BCUT2D eigenvalue weighted by molar-refractivity contribution is -0.139. The van der Waals surface area contributed by atoms with Gasteiger partial charge in [-0.1, -0.05) is 42.5 Å². The molecule has 1 unspecified atom stereocenters. The molecule has 3 nitrogen and oxygen atoms in total. The maximum atomic E-state index is 10.9. The van der Waals surface area contributed by atoms with E-state index < -0.39 is 11.9 Å². The van der Waals surface area contributed by atoms with Crippen LogP contribution in [0.15, 0.2) is 42.5 Å². The van der Waals surface area contributed by atoms with Crippen LogP contribution < -0.4 is 0 Å². The highest BCUT2D eigenvalue weighted by molar-refractivity contribution is 5.85. The number of fused-ring (bicyclic) bond motifs is 1. The van der Waals surface area contributed by atoms with Crippen LogP contribution in [0.25, 0.3) is 10.8 Å². The molecule has 2 aromatic carbocycles. The van der Waals surface area contributed by atoms with Crippen LogP contribution in [0.3, 0.4) is 0 Å². The first-order chi connectivity index (χ1) is 7.72. The van der Waals surface area contributed by atoms with Gasteiger partial charge in [0.2, 0.25) is 0 Å². The Hall–Kier alpha value is -1.87. The summed E-state index contributed by atoms with van der Waals surface area (Å²) in [5.41, 5.74) is 0.633. The molecule has 0 amide bonds. The number of aliphatic carboxylic acids is 1. The summed E-state index contributed by atoms with van der Waals surface area (Å²) < 4.78 is 0. The molecule has 1 atom stereocenters. The highest BCUT2D eigenvalue weighted by Crippen LogP contribution is 2.21. The molecule has 0 fully saturated rings. The minimum atomic E-state index is -1.00. The lowest BCUT2D eigenvalue weighted by Gasteiger charge is -2.10. The van der Waals surface area contributed by atoms with Gasteiger partial charge in [0.05, 0.1) is 6.61 Å². The van der Waals surface area contributed by atoms with E-state index in [0.29, 0.717) is 5.56 Å². The number of aliphatic hydroxyl groups is 1. The number of carbonyl (C=O) groups is 1. The highest BCUT2D eigenvalue weighted by atomic mass is 16.4. The summed E-state index contributed by atoms with van der Waals surface area (Å²) >= 11 is 0. The van der Waals surface area contributed by atoms with E-state index in [4.69, 9.17) is 10.2 Å². The number of carboxylic acid groups (broad SMARTS) is 1. The second-order valence-corrected chi connectivity index (χ2v) is 3.68. The Balaban J connectivity index is 2.49. The minimum absolute atomic E-state index is 0.381. The fourth-order valence-electron chi connectivity index (χ4n) is 1.75. The standard InChI is InChI=1S/C13H12O3/c14-8-12(13(15)16)11-6-5-9-3-1-2-4-10(9)7-11/h1-7,12,14H,8H2,(H,15,16). The molecule has 0 saturated carbocycles. The molecule has 0 saturated heterocycles. The molecule has 2 aromatic rings. The quantitative estimate of drug-likeness (QED) is 0.825. The molecule has 2 rings (SSSR count). The second kappa shape index (κ2) is 4.33. The average molecular weight is 216 g/mol. The first-order valence-electron chi connectivity index (χ1n) is 5.04. The largest absolute Gasteiger partial charge is 0.481 e. The van der Waals surface area contributed by atoms with Gasteiger partial charge in [0.1, 0.15) is 5.92 Å². The van der Waals surface area contributed by atoms with E-state index in [1.807, 2.05) is 36.4 Å². The summed E-state index contributed by atoms with van der Waals surface area (Å²) in [7, 11) is 0. The molecule has 0 bridgehead atoms. The van der Waals surface area contributed by atoms with Gasteiger partial charge in [-0.15, -0.1) is 0 Å². The fraction of sp³-hybridized carbons (Fsp3) is 0.154. The second-order valence-electron chi connectivity index (χ2n) is 3.68. The predicted molar refractivity (Wildman–Crippen MR) is 61.4 cm³/mol. The van der Waals surface area contributed by atoms with Crippen molar-refractivity contribution < 1.29 is 15.0 Å². The topological polar surface area (TPSA) is 57.5 Å². The average Bonchev–Trinajstić information content (AvgIpc) is 2.29. The third-order valence-electron chi connectivity index (χ3n) is 2.66. The van der Waals surface area contributed by atoms with E-state index in [0.717, 1.165) is 10.8 Å². The Bertz CT molecular complexity index is 519. The van der Waals surface area contributed by atoms with Crippen molar-refractivity contribution in [3.8, 4) is 0 Å². The Morgan fingerprint density at radius 3 is 2.44 bits per heavy atom. The van der Waals surface area contributed by atoms with Gasteiger partial charge >= 0.3 is 5.97 Å². The Labute approximate surface area is 93.0 Å². The molecular weight excluding hydrogens is 204 g/mol. The number of benzene rings is 2. The van der Waals surface area contributed by atoms with Gasteiger partial charge in [0.15, 0.2) is 0 Å². The monoisotopic (exact) mass is 216 g/mol. The molecule has 0 aliphatic heterocycles. The molecule has 0 radical (unpaired) electrons. The van der Waals surface area contributed by atoms with Gasteiger partial charge in [-0.2, -0.15) is 0 Å². The minimum Gasteiger partial charge on any atom is -0.481 e. The van der Waals surface area contributed by atoms with Crippen molar-refractivity contribution in [1.29, 1.82) is 0 Å². The molecule has 0 aromatic heterocycles. The van der Waals surface area contributed by atoms with Crippen LogP contribution in [0.1, 0.15) is 11.5 Å². The summed E-state index contributed by atoms with van der Waals surface area (Å²) in [6.45, 7) is -0.381. The van der Waals surface area contributed by atoms with Crippen molar-refractivity contribution in [2.75, 3.05) is 6.61 Å². The van der Waals surface area contributed by atoms with Gasteiger partial charge in [-0.3, -0.25) is 4.79 Å². The van der Waals surface area contributed by atoms with Gasteiger partial charge < -0.3 is 10.2 Å². The maximum absolute atomic E-state index is 10.9. The van der Waals surface area contributed by atoms with Crippen molar-refractivity contribution in [3.05, 3.63) is 48.0 Å². The van der Waals surface area contributed by atoms with Crippen LogP contribution in [-0.2, 0) is 4.79 Å². The lowest BCUT2D eigenvalue weighted by atomic mass is 9.97. The van der Waals surface area contributed by atoms with Crippen LogP contribution in [0.5, 0.6) is 0 Å². The van der Waals surface area contributed by atoms with E-state index in [2.05, 4.69) is 0 Å². The summed E-state index contributed by atoms with van der Waals surface area (Å²) in [4.78, 5) is 10.9. The predicted octanol–water partition coefficient (Wildman–Crippen LogP) is 2.00. The zero-order chi connectivity index (χ0) is 11.5. The van der Waals surface area contributed by atoms with E-state index in [1.165, 1.54) is 0 Å². The molecule has 0 aliphatic rings. The molecule has 0 aliphatic carbocycles. The number of aliphatic hydroxyl groups excluding tert-OH is 1. The van der Waals surface area contributed by atoms with Crippen molar-refractivity contribution in [2.45, 2.75) is 5.92 Å². The third-order valence-corrected chi connectivity index (χ3v) is 2.66. The molecule has 16 heavy (non-hydrogen) atoms. The van der Waals surface area contributed by atoms with Crippen LogP contribution in [0.4, 0.5) is 0 Å². The van der Waals surface area contributed by atoms with E-state index >= 15 is 0 Å². The molecular formula is C13H12O3. The van der Waals surface area contributed by atoms with E-state index in [9.17, 15) is 4.79 Å². The Morgan fingerprint density at radius 1 is 1.12 bits per heavy atom. The fourth-order valence-corrected chi connectivity index (χ4v) is 1.75. The number of hydrogen-bond donors (Lipinski definition) is 2. The van der Waals surface area contributed by atoms with Gasteiger partial charge in [0.25, 0.3) is 0 Å². The van der Waals surface area contributed by atoms with Gasteiger partial charge in [0, 0.05) is 0 Å². The number of rotatable bonds is 3. The SMILES string of the molecule is O=C(O)C(CO)c1ccc2ccccc2c1. The number of hydrogen-bond acceptors (Lipinski definition) is 2. The molecule has 3 heteroatoms. The highest BCUT2D eigenvalue weighted by Gasteiger charge is 2.18. The summed E-state index contributed by atoms with van der Waals surface area (Å²) in [6, 6.07) is 13.2. The number of carboxylic acids is 1. The van der Waals surface area contributed by atoms with Crippen LogP contribution >= 0.6 is 0 Å². The molecule has 82 valence electrons. The van der Waals surface area contributed by atoms with Crippen molar-refractivity contribution in [2.24, 2.45) is 0 Å². The van der Waals surface area contributed by atoms with Crippen LogP contribution in [0.2, 0.25) is 0 Å². The normalized spacial score (nSPS) is 12.6. The van der Waals surface area contributed by atoms with Gasteiger partial charge in [-0.05, 0) is 16.3 Å². The van der Waals surface area contributed by atoms with E-state index in [-0.39, 0.29) is 6.61 Å². The van der Waals surface area contributed by atoms with Crippen molar-refractivity contribution in [1.82, 2.24) is 0 Å². The smallest absolute Gasteiger partial charge is 0.313 e. The molecule has 0 heterocycles. The summed E-state index contributed by atoms with van der Waals surface area (Å²) in [6.07, 6.45) is 0. The van der Waals surface area contributed by atoms with Crippen LogP contribution in [-0.4, -0.2) is 22.8 Å². The maximum Gasteiger partial charge on any atom is 0.313 e. The molecule has 2 N–H and O–H groups in total. The lowest BCUT2D eigenvalue weighted by Crippen LogP contribution is -2.15. The zero-order valence-electron chi connectivity index (χ0n) is 8.63. The molecule has 0 spiro atoms. The Kier molecular flexibility index (Phi) is 2.88. The van der Waals surface area contributed by atoms with Gasteiger partial charge in [-0.25, -0.2) is 0 Å². The summed E-state index contributed by atoms with van der Waals surface area (Å²) in [5, 5.41) is 20.0. The van der Waals surface area contributed by atoms with Crippen LogP contribution in [0, 0.1) is 0 Å².